The van der Waals surface area contributed by atoms with Crippen LogP contribution in [0.15, 0.2) is 30.0 Å². The topological polar surface area (TPSA) is 66.4 Å². The maximum absolute atomic E-state index is 11.9. The number of nitrogens with one attached hydrogen (secondary N) is 1. The van der Waals surface area contributed by atoms with E-state index in [1.54, 1.807) is 32.9 Å². The predicted octanol–water partition coefficient (Wildman–Crippen LogP) is 3.99. The fraction of sp³-hybridized carbons (Fsp3) is 0.286. The number of anilines is 1. The Hall–Kier alpha value is -1.52. The van der Waals surface area contributed by atoms with Gasteiger partial charge in [0, 0.05) is 16.5 Å². The Morgan fingerprint density at radius 1 is 1.25 bits per heavy atom. The van der Waals surface area contributed by atoms with Crippen molar-refractivity contribution in [2.75, 3.05) is 5.32 Å². The maximum atomic E-state index is 11.9. The van der Waals surface area contributed by atoms with Gasteiger partial charge in [0.1, 0.15) is 5.70 Å². The third-order valence-electron chi connectivity index (χ3n) is 2.45. The second kappa shape index (κ2) is 6.29. The van der Waals surface area contributed by atoms with E-state index >= 15 is 0 Å². The van der Waals surface area contributed by atoms with Gasteiger partial charge in [0.05, 0.1) is 10.7 Å². The summed E-state index contributed by atoms with van der Waals surface area (Å²) in [5, 5.41) is 12.5. The Bertz CT molecular complexity index is 574. The lowest BCUT2D eigenvalue weighted by Gasteiger charge is -2.15. The van der Waals surface area contributed by atoms with E-state index in [1.807, 2.05) is 0 Å². The van der Waals surface area contributed by atoms with Gasteiger partial charge < -0.3 is 10.4 Å². The zero-order valence-corrected chi connectivity index (χ0v) is 12.8. The number of halogens is 2. The molecule has 2 N–H and O–H groups in total. The first-order valence-corrected chi connectivity index (χ1v) is 6.58. The lowest BCUT2D eigenvalue weighted by Crippen LogP contribution is -2.21. The Balaban J connectivity index is 3.08. The smallest absolute Gasteiger partial charge is 0.352 e. The van der Waals surface area contributed by atoms with Crippen LogP contribution in [0.4, 0.5) is 5.69 Å². The van der Waals surface area contributed by atoms with Crippen molar-refractivity contribution in [3.8, 4) is 0 Å². The van der Waals surface area contributed by atoms with Crippen LogP contribution in [0.3, 0.4) is 0 Å². The number of carboxylic acids is 1. The molecule has 1 rings (SSSR count). The molecule has 0 amide bonds. The molecule has 0 saturated heterocycles. The number of rotatable bonds is 4. The molecule has 0 unspecified atom stereocenters. The third-order valence-corrected chi connectivity index (χ3v) is 2.99. The Morgan fingerprint density at radius 2 is 1.85 bits per heavy atom. The molecule has 0 atom stereocenters. The Morgan fingerprint density at radius 3 is 2.30 bits per heavy atom. The third kappa shape index (κ3) is 4.54. The maximum Gasteiger partial charge on any atom is 0.352 e. The second-order valence-electron chi connectivity index (χ2n) is 5.23. The fourth-order valence-corrected chi connectivity index (χ4v) is 1.69. The first-order valence-electron chi connectivity index (χ1n) is 5.83. The largest absolute Gasteiger partial charge is 0.477 e. The monoisotopic (exact) mass is 315 g/mol. The second-order valence-corrected chi connectivity index (χ2v) is 6.07. The molecule has 0 bridgehead atoms. The van der Waals surface area contributed by atoms with Gasteiger partial charge in [-0.15, -0.1) is 0 Å². The molecule has 0 heterocycles. The first kappa shape index (κ1) is 16.5. The highest BCUT2D eigenvalue weighted by molar-refractivity contribution is 6.36. The number of aliphatic carboxylic acids is 1. The van der Waals surface area contributed by atoms with Crippen molar-refractivity contribution < 1.29 is 14.7 Å². The van der Waals surface area contributed by atoms with Gasteiger partial charge >= 0.3 is 5.97 Å². The summed E-state index contributed by atoms with van der Waals surface area (Å²) in [6.07, 6.45) is 1.06. The molecule has 1 aromatic rings. The summed E-state index contributed by atoms with van der Waals surface area (Å²) in [5.74, 6) is -1.54. The van der Waals surface area contributed by atoms with Crippen LogP contribution in [0.2, 0.25) is 10.0 Å². The number of carbonyl (C=O) groups excluding carboxylic acids is 1. The molecule has 0 aliphatic carbocycles. The molecule has 0 aliphatic rings. The van der Waals surface area contributed by atoms with Crippen LogP contribution in [0.5, 0.6) is 0 Å². The molecule has 0 spiro atoms. The van der Waals surface area contributed by atoms with Crippen LogP contribution in [-0.4, -0.2) is 16.9 Å². The number of benzene rings is 1. The highest BCUT2D eigenvalue weighted by atomic mass is 35.5. The van der Waals surface area contributed by atoms with E-state index in [1.165, 1.54) is 6.07 Å². The summed E-state index contributed by atoms with van der Waals surface area (Å²) in [5.41, 5.74) is -0.535. The average molecular weight is 316 g/mol. The van der Waals surface area contributed by atoms with Gasteiger partial charge in [0.25, 0.3) is 0 Å². The molecule has 0 radical (unpaired) electrons. The quantitative estimate of drug-likeness (QED) is 0.824. The van der Waals surface area contributed by atoms with E-state index in [2.05, 4.69) is 5.32 Å². The van der Waals surface area contributed by atoms with E-state index in [-0.39, 0.29) is 16.5 Å². The summed E-state index contributed by atoms with van der Waals surface area (Å²) in [6.45, 7) is 5.13. The van der Waals surface area contributed by atoms with Crippen LogP contribution in [0.1, 0.15) is 20.8 Å². The first-order chi connectivity index (χ1) is 9.11. The number of carboxylic acid groups (broad SMARTS) is 1. The lowest BCUT2D eigenvalue weighted by atomic mass is 9.90. The zero-order valence-electron chi connectivity index (χ0n) is 11.3. The van der Waals surface area contributed by atoms with Gasteiger partial charge in [0.15, 0.2) is 5.78 Å². The molecular formula is C14H15Cl2NO3. The normalized spacial score (nSPS) is 12.2. The van der Waals surface area contributed by atoms with E-state index in [9.17, 15) is 9.59 Å². The van der Waals surface area contributed by atoms with Crippen LogP contribution in [0, 0.1) is 5.41 Å². The lowest BCUT2D eigenvalue weighted by molar-refractivity contribution is -0.133. The van der Waals surface area contributed by atoms with Gasteiger partial charge in [-0.1, -0.05) is 44.0 Å². The minimum atomic E-state index is -1.24. The minimum absolute atomic E-state index is 0.242. The number of hydrogen-bond donors (Lipinski definition) is 2. The van der Waals surface area contributed by atoms with E-state index in [0.717, 1.165) is 6.08 Å². The summed E-state index contributed by atoms with van der Waals surface area (Å²) in [7, 11) is 0. The van der Waals surface area contributed by atoms with Crippen molar-refractivity contribution in [3.05, 3.63) is 40.0 Å². The minimum Gasteiger partial charge on any atom is -0.477 e. The number of allylic oxidation sites excluding steroid dienone is 1. The van der Waals surface area contributed by atoms with Gasteiger partial charge in [-0.25, -0.2) is 4.79 Å². The number of carbonyl (C=O) groups is 2. The summed E-state index contributed by atoms with van der Waals surface area (Å²) in [4.78, 5) is 23.1. The van der Waals surface area contributed by atoms with Gasteiger partial charge in [0.2, 0.25) is 0 Å². The fourth-order valence-electron chi connectivity index (χ4n) is 1.23. The number of ketones is 1. The van der Waals surface area contributed by atoms with Crippen molar-refractivity contribution in [1.82, 2.24) is 0 Å². The van der Waals surface area contributed by atoms with Crippen molar-refractivity contribution in [2.45, 2.75) is 20.8 Å². The highest BCUT2D eigenvalue weighted by Gasteiger charge is 2.21. The van der Waals surface area contributed by atoms with E-state index in [0.29, 0.717) is 10.7 Å². The average Bonchev–Trinajstić information content (AvgIpc) is 2.29. The Labute approximate surface area is 127 Å². The highest BCUT2D eigenvalue weighted by Crippen LogP contribution is 2.27. The van der Waals surface area contributed by atoms with Crippen LogP contribution in [0.25, 0.3) is 0 Å². The molecule has 20 heavy (non-hydrogen) atoms. The van der Waals surface area contributed by atoms with Crippen molar-refractivity contribution in [1.29, 1.82) is 0 Å². The van der Waals surface area contributed by atoms with Crippen molar-refractivity contribution >= 4 is 40.6 Å². The molecule has 6 heteroatoms. The molecule has 4 nitrogen and oxygen atoms in total. The van der Waals surface area contributed by atoms with E-state index < -0.39 is 11.4 Å². The van der Waals surface area contributed by atoms with E-state index in [4.69, 9.17) is 28.3 Å². The number of hydrogen-bond acceptors (Lipinski definition) is 3. The zero-order chi connectivity index (χ0) is 15.5. The molecule has 0 saturated carbocycles. The molecule has 0 fully saturated rings. The SMILES string of the molecule is CC(C)(C)C(=O)/C=C(\Nc1ccc(Cl)cc1Cl)C(=O)O. The molecular weight excluding hydrogens is 301 g/mol. The summed E-state index contributed by atoms with van der Waals surface area (Å²) < 4.78 is 0. The predicted molar refractivity (Wildman–Crippen MR) is 80.3 cm³/mol. The van der Waals surface area contributed by atoms with Gasteiger partial charge in [-0.05, 0) is 18.2 Å². The standard InChI is InChI=1S/C14H15Cl2NO3/c1-14(2,3)12(18)7-11(13(19)20)17-10-5-4-8(15)6-9(10)16/h4-7,17H,1-3H3,(H,19,20)/b11-7-. The van der Waals surface area contributed by atoms with Gasteiger partial charge in [-0.2, -0.15) is 0 Å². The van der Waals surface area contributed by atoms with Crippen LogP contribution < -0.4 is 5.32 Å². The van der Waals surface area contributed by atoms with Gasteiger partial charge in [-0.3, -0.25) is 4.79 Å². The molecule has 1 aromatic carbocycles. The summed E-state index contributed by atoms with van der Waals surface area (Å²) in [6, 6.07) is 4.60. The van der Waals surface area contributed by atoms with Crippen LogP contribution in [-0.2, 0) is 9.59 Å². The molecule has 0 aliphatic heterocycles. The summed E-state index contributed by atoms with van der Waals surface area (Å²) >= 11 is 11.7. The molecule has 0 aromatic heterocycles. The van der Waals surface area contributed by atoms with Crippen molar-refractivity contribution in [2.24, 2.45) is 5.41 Å². The molecule has 108 valence electrons. The van der Waals surface area contributed by atoms with Crippen LogP contribution >= 0.6 is 23.2 Å². The Kier molecular flexibility index (Phi) is 5.20. The van der Waals surface area contributed by atoms with Crippen molar-refractivity contribution in [3.63, 3.8) is 0 Å².